The van der Waals surface area contributed by atoms with Gasteiger partial charge < -0.3 is 4.52 Å². The Hall–Kier alpha value is -3.32. The van der Waals surface area contributed by atoms with Crippen molar-refractivity contribution in [2.45, 2.75) is 4.90 Å². The smallest absolute Gasteiger partial charge is 0.330 e. The van der Waals surface area contributed by atoms with Gasteiger partial charge in [0.05, 0.1) is 11.3 Å². The molecule has 0 aliphatic heterocycles. The minimum Gasteiger partial charge on any atom is -0.330 e. The molecule has 0 saturated carbocycles. The lowest BCUT2D eigenvalue weighted by atomic mass is 10.0. The molecule has 0 amide bonds. The molecule has 7 heteroatoms. The van der Waals surface area contributed by atoms with Crippen molar-refractivity contribution >= 4 is 10.8 Å². The van der Waals surface area contributed by atoms with E-state index in [0.717, 1.165) is 5.56 Å². The molecule has 2 aromatic carbocycles. The van der Waals surface area contributed by atoms with E-state index < -0.39 is 16.4 Å². The van der Waals surface area contributed by atoms with Gasteiger partial charge in [0.1, 0.15) is 11.5 Å². The number of pyridine rings is 1. The molecule has 0 spiro atoms. The van der Waals surface area contributed by atoms with Crippen molar-refractivity contribution in [1.29, 1.82) is 0 Å². The summed E-state index contributed by atoms with van der Waals surface area (Å²) < 4.78 is 32.0. The number of rotatable bonds is 4. The molecule has 4 aromatic rings. The van der Waals surface area contributed by atoms with Crippen LogP contribution in [0.2, 0.25) is 0 Å². The second kappa shape index (κ2) is 7.36. The largest absolute Gasteiger partial charge is 0.366 e. The first-order valence-corrected chi connectivity index (χ1v) is 9.97. The maximum atomic E-state index is 13.4. The molecule has 4 rings (SSSR count). The summed E-state index contributed by atoms with van der Waals surface area (Å²) in [4.78, 5) is 17.4. The highest BCUT2D eigenvalue weighted by Gasteiger charge is 2.22. The van der Waals surface area contributed by atoms with Crippen molar-refractivity contribution in [1.82, 2.24) is 9.72 Å². The lowest BCUT2D eigenvalue weighted by Crippen LogP contribution is -1.97. The van der Waals surface area contributed by atoms with Crippen LogP contribution in [0, 0.1) is 5.82 Å². The first-order valence-electron chi connectivity index (χ1n) is 8.41. The number of hydrogen-bond acceptors (Lipinski definition) is 4. The van der Waals surface area contributed by atoms with Crippen molar-refractivity contribution in [2.75, 3.05) is 6.26 Å². The van der Waals surface area contributed by atoms with Crippen LogP contribution in [0.1, 0.15) is 0 Å². The van der Waals surface area contributed by atoms with Crippen molar-refractivity contribution in [3.8, 4) is 28.1 Å². The highest BCUT2D eigenvalue weighted by atomic mass is 32.2. The Kier molecular flexibility index (Phi) is 4.75. The second-order valence-electron chi connectivity index (χ2n) is 6.09. The molecular formula is C21H15FN2O3S. The first kappa shape index (κ1) is 18.1. The highest BCUT2D eigenvalue weighted by molar-refractivity contribution is 7.84. The molecule has 0 N–H and O–H groups in total. The van der Waals surface area contributed by atoms with Crippen LogP contribution in [0.4, 0.5) is 4.39 Å². The van der Waals surface area contributed by atoms with Crippen LogP contribution in [0.15, 0.2) is 87.3 Å². The van der Waals surface area contributed by atoms with E-state index in [1.807, 2.05) is 0 Å². The van der Waals surface area contributed by atoms with Crippen LogP contribution in [0.3, 0.4) is 0 Å². The van der Waals surface area contributed by atoms with Gasteiger partial charge in [-0.2, -0.15) is 4.74 Å². The van der Waals surface area contributed by atoms with E-state index in [9.17, 15) is 13.4 Å². The molecule has 0 fully saturated rings. The molecule has 0 radical (unpaired) electrons. The van der Waals surface area contributed by atoms with Gasteiger partial charge in [-0.15, -0.1) is 0 Å². The fraction of sp³-hybridized carbons (Fsp3) is 0.0476. The Morgan fingerprint density at radius 3 is 2.18 bits per heavy atom. The Labute approximate surface area is 162 Å². The first-order chi connectivity index (χ1) is 13.5. The average Bonchev–Trinajstić information content (AvgIpc) is 3.06. The van der Waals surface area contributed by atoms with Crippen LogP contribution in [-0.4, -0.2) is 20.2 Å². The zero-order valence-corrected chi connectivity index (χ0v) is 15.7. The lowest BCUT2D eigenvalue weighted by Gasteiger charge is -2.09. The van der Waals surface area contributed by atoms with Gasteiger partial charge in [-0.3, -0.25) is 9.19 Å². The molecule has 0 aliphatic carbocycles. The summed E-state index contributed by atoms with van der Waals surface area (Å²) >= 11 is 0. The second-order valence-corrected chi connectivity index (χ2v) is 7.47. The Morgan fingerprint density at radius 2 is 1.57 bits per heavy atom. The Bertz CT molecular complexity index is 1200. The zero-order valence-electron chi connectivity index (χ0n) is 14.8. The molecule has 0 bridgehead atoms. The quantitative estimate of drug-likeness (QED) is 0.524. The van der Waals surface area contributed by atoms with Crippen LogP contribution in [0.25, 0.3) is 28.1 Å². The van der Waals surface area contributed by atoms with E-state index in [1.165, 1.54) is 16.9 Å². The van der Waals surface area contributed by atoms with Crippen LogP contribution >= 0.6 is 0 Å². The topological polar surface area (TPSA) is 65.1 Å². The fourth-order valence-corrected chi connectivity index (χ4v) is 3.49. The van der Waals surface area contributed by atoms with Crippen LogP contribution in [-0.2, 0) is 10.8 Å². The lowest BCUT2D eigenvalue weighted by molar-refractivity contribution is 0.327. The van der Waals surface area contributed by atoms with Gasteiger partial charge in [0.2, 0.25) is 0 Å². The minimum atomic E-state index is -1.11. The summed E-state index contributed by atoms with van der Waals surface area (Å²) in [6.07, 6.45) is 4.84. The molecule has 1 atom stereocenters. The van der Waals surface area contributed by atoms with Gasteiger partial charge in [-0.05, 0) is 54.1 Å². The van der Waals surface area contributed by atoms with Crippen molar-refractivity contribution in [2.24, 2.45) is 0 Å². The Balaban J connectivity index is 1.97. The van der Waals surface area contributed by atoms with Gasteiger partial charge in [-0.25, -0.2) is 9.18 Å². The normalized spacial score (nSPS) is 12.1. The number of aromatic nitrogens is 2. The molecule has 1 unspecified atom stereocenters. The maximum Gasteiger partial charge on any atom is 0.366 e. The van der Waals surface area contributed by atoms with Gasteiger partial charge in [0.25, 0.3) is 0 Å². The number of halogens is 1. The summed E-state index contributed by atoms with van der Waals surface area (Å²) in [5.41, 5.74) is 2.20. The monoisotopic (exact) mass is 394 g/mol. The van der Waals surface area contributed by atoms with Crippen LogP contribution in [0.5, 0.6) is 0 Å². The van der Waals surface area contributed by atoms with E-state index in [2.05, 4.69) is 4.98 Å². The standard InChI is InChI=1S/C21H15FN2O3S/c1-28(26)18-8-6-17(7-9-18)24-20(15-10-12-23-13-11-15)19(21(25)27-24)14-2-4-16(22)5-3-14/h2-13H,1H3. The van der Waals surface area contributed by atoms with Gasteiger partial charge >= 0.3 is 5.63 Å². The third-order valence-electron chi connectivity index (χ3n) is 4.31. The summed E-state index contributed by atoms with van der Waals surface area (Å²) in [5.74, 6) is -0.388. The van der Waals surface area contributed by atoms with Gasteiger partial charge in [0, 0.05) is 39.9 Å². The number of hydrogen-bond donors (Lipinski definition) is 0. The van der Waals surface area contributed by atoms with E-state index >= 15 is 0 Å². The minimum absolute atomic E-state index is 0.328. The summed E-state index contributed by atoms with van der Waals surface area (Å²) in [6.45, 7) is 0. The molecule has 28 heavy (non-hydrogen) atoms. The fourth-order valence-electron chi connectivity index (χ4n) is 2.97. The zero-order chi connectivity index (χ0) is 19.7. The average molecular weight is 394 g/mol. The van der Waals surface area contributed by atoms with Gasteiger partial charge in [0.15, 0.2) is 0 Å². The van der Waals surface area contributed by atoms with E-state index in [1.54, 1.807) is 67.2 Å². The highest BCUT2D eigenvalue weighted by Crippen LogP contribution is 2.32. The molecule has 2 heterocycles. The molecular weight excluding hydrogens is 379 g/mol. The van der Waals surface area contributed by atoms with Crippen LogP contribution < -0.4 is 5.63 Å². The summed E-state index contributed by atoms with van der Waals surface area (Å²) in [7, 11) is -1.11. The number of benzene rings is 2. The Morgan fingerprint density at radius 1 is 0.929 bits per heavy atom. The predicted octanol–water partition coefficient (Wildman–Crippen LogP) is 4.04. The number of nitrogens with zero attached hydrogens (tertiary/aromatic N) is 2. The molecule has 0 aliphatic rings. The van der Waals surface area contributed by atoms with E-state index in [4.69, 9.17) is 4.52 Å². The SMILES string of the molecule is CS(=O)c1ccc(-n2oc(=O)c(-c3ccc(F)cc3)c2-c2ccncc2)cc1. The predicted molar refractivity (Wildman–Crippen MR) is 105 cm³/mol. The van der Waals surface area contributed by atoms with Crippen molar-refractivity contribution in [3.05, 3.63) is 89.3 Å². The maximum absolute atomic E-state index is 13.4. The molecule has 2 aromatic heterocycles. The van der Waals surface area contributed by atoms with Gasteiger partial charge in [-0.1, -0.05) is 12.1 Å². The summed E-state index contributed by atoms with van der Waals surface area (Å²) in [5, 5.41) is 0. The van der Waals surface area contributed by atoms with Crippen molar-refractivity contribution < 1.29 is 13.1 Å². The van der Waals surface area contributed by atoms with Crippen molar-refractivity contribution in [3.63, 3.8) is 0 Å². The third kappa shape index (κ3) is 3.32. The molecule has 5 nitrogen and oxygen atoms in total. The third-order valence-corrected chi connectivity index (χ3v) is 5.24. The van der Waals surface area contributed by atoms with E-state index in [-0.39, 0.29) is 5.82 Å². The molecule has 140 valence electrons. The summed E-state index contributed by atoms with van der Waals surface area (Å²) in [6, 6.07) is 16.1. The molecule has 0 saturated heterocycles. The van der Waals surface area contributed by atoms with E-state index in [0.29, 0.717) is 27.4 Å².